The number of imidazole rings is 1. The average molecular weight is 380 g/mol. The van der Waals surface area contributed by atoms with Crippen LogP contribution in [-0.4, -0.2) is 40.3 Å². The van der Waals surface area contributed by atoms with E-state index in [0.717, 1.165) is 6.26 Å². The number of fused-ring (bicyclic) bond motifs is 1. The van der Waals surface area contributed by atoms with E-state index in [2.05, 4.69) is 9.97 Å². The van der Waals surface area contributed by atoms with Crippen LogP contribution < -0.4 is 0 Å². The number of hydrogen-bond donors (Lipinski definition) is 1. The van der Waals surface area contributed by atoms with E-state index in [4.69, 9.17) is 16.7 Å². The Bertz CT molecular complexity index is 1110. The number of rotatable bonds is 4. The van der Waals surface area contributed by atoms with E-state index in [1.165, 1.54) is 18.2 Å². The topological polar surface area (TPSA) is 102 Å². The van der Waals surface area contributed by atoms with Gasteiger partial charge in [-0.25, -0.2) is 23.2 Å². The van der Waals surface area contributed by atoms with Crippen molar-refractivity contribution in [1.29, 1.82) is 0 Å². The third-order valence-electron chi connectivity index (χ3n) is 3.78. The molecule has 0 atom stereocenters. The van der Waals surface area contributed by atoms with Crippen molar-refractivity contribution in [2.45, 2.75) is 18.4 Å². The van der Waals surface area contributed by atoms with Gasteiger partial charge in [-0.2, -0.15) is 0 Å². The van der Waals surface area contributed by atoms with Crippen molar-refractivity contribution >= 4 is 38.6 Å². The molecular formula is C16H14ClN3O4S. The Hall–Kier alpha value is -2.45. The molecule has 0 aliphatic heterocycles. The second kappa shape index (κ2) is 6.12. The van der Waals surface area contributed by atoms with Crippen LogP contribution in [0.2, 0.25) is 5.02 Å². The van der Waals surface area contributed by atoms with E-state index in [0.29, 0.717) is 34.1 Å². The van der Waals surface area contributed by atoms with Crippen molar-refractivity contribution in [2.24, 2.45) is 0 Å². The molecule has 2 heterocycles. The SMILES string of the molecule is Cc1nc2ccc(C(=O)O)nc2n1Cc1ccc(S(C)(=O)=O)cc1Cl. The van der Waals surface area contributed by atoms with Gasteiger partial charge in [-0.05, 0) is 36.8 Å². The molecule has 0 amide bonds. The summed E-state index contributed by atoms with van der Waals surface area (Å²) < 4.78 is 24.9. The van der Waals surface area contributed by atoms with Crippen molar-refractivity contribution in [3.8, 4) is 0 Å². The molecule has 130 valence electrons. The summed E-state index contributed by atoms with van der Waals surface area (Å²) in [5.74, 6) is -0.476. The van der Waals surface area contributed by atoms with Crippen LogP contribution in [0.1, 0.15) is 21.9 Å². The fourth-order valence-corrected chi connectivity index (χ4v) is 3.43. The molecule has 1 N–H and O–H groups in total. The minimum atomic E-state index is -3.34. The molecule has 0 bridgehead atoms. The van der Waals surface area contributed by atoms with Crippen LogP contribution in [0.15, 0.2) is 35.2 Å². The number of halogens is 1. The zero-order chi connectivity index (χ0) is 18.4. The van der Waals surface area contributed by atoms with E-state index >= 15 is 0 Å². The van der Waals surface area contributed by atoms with Gasteiger partial charge in [0.2, 0.25) is 0 Å². The van der Waals surface area contributed by atoms with Crippen molar-refractivity contribution in [3.05, 3.63) is 52.4 Å². The van der Waals surface area contributed by atoms with Crippen LogP contribution in [0, 0.1) is 6.92 Å². The maximum Gasteiger partial charge on any atom is 0.354 e. The van der Waals surface area contributed by atoms with E-state index in [9.17, 15) is 13.2 Å². The summed E-state index contributed by atoms with van der Waals surface area (Å²) in [5, 5.41) is 9.42. The standard InChI is InChI=1S/C16H14ClN3O4S/c1-9-18-13-5-6-14(16(21)22)19-15(13)20(9)8-10-3-4-11(7-12(10)17)25(2,23)24/h3-7H,8H2,1-2H3,(H,21,22). The fraction of sp³-hybridized carbons (Fsp3) is 0.188. The van der Waals surface area contributed by atoms with E-state index in [1.54, 1.807) is 23.6 Å². The molecule has 2 aromatic heterocycles. The predicted molar refractivity (Wildman–Crippen MR) is 92.9 cm³/mol. The van der Waals surface area contributed by atoms with Gasteiger partial charge in [0.25, 0.3) is 0 Å². The summed E-state index contributed by atoms with van der Waals surface area (Å²) in [7, 11) is -3.34. The Morgan fingerprint density at radius 2 is 1.96 bits per heavy atom. The molecule has 0 radical (unpaired) electrons. The van der Waals surface area contributed by atoms with Crippen molar-refractivity contribution < 1.29 is 18.3 Å². The first kappa shape index (κ1) is 17.4. The zero-order valence-electron chi connectivity index (χ0n) is 13.4. The van der Waals surface area contributed by atoms with Gasteiger partial charge in [-0.1, -0.05) is 17.7 Å². The predicted octanol–water partition coefficient (Wildman–Crippen LogP) is 2.54. The fourth-order valence-electron chi connectivity index (χ4n) is 2.48. The van der Waals surface area contributed by atoms with Gasteiger partial charge in [0.1, 0.15) is 11.3 Å². The van der Waals surface area contributed by atoms with Crippen molar-refractivity contribution in [3.63, 3.8) is 0 Å². The molecule has 0 saturated heterocycles. The molecule has 0 spiro atoms. The van der Waals surface area contributed by atoms with Crippen LogP contribution in [-0.2, 0) is 16.4 Å². The normalized spacial score (nSPS) is 11.8. The largest absolute Gasteiger partial charge is 0.477 e. The van der Waals surface area contributed by atoms with Gasteiger partial charge >= 0.3 is 5.97 Å². The lowest BCUT2D eigenvalue weighted by Gasteiger charge is -2.10. The lowest BCUT2D eigenvalue weighted by Crippen LogP contribution is -2.07. The number of sulfone groups is 1. The summed E-state index contributed by atoms with van der Waals surface area (Å²) in [6.45, 7) is 2.07. The first-order chi connectivity index (χ1) is 11.7. The average Bonchev–Trinajstić information content (AvgIpc) is 2.83. The van der Waals surface area contributed by atoms with Crippen LogP contribution >= 0.6 is 11.6 Å². The number of benzene rings is 1. The molecule has 3 rings (SSSR count). The molecule has 0 aliphatic rings. The van der Waals surface area contributed by atoms with Crippen LogP contribution in [0.25, 0.3) is 11.2 Å². The molecule has 0 fully saturated rings. The van der Waals surface area contributed by atoms with Gasteiger partial charge in [0.05, 0.1) is 11.4 Å². The van der Waals surface area contributed by atoms with Crippen LogP contribution in [0.4, 0.5) is 0 Å². The van der Waals surface area contributed by atoms with Gasteiger partial charge in [0.15, 0.2) is 21.2 Å². The number of nitrogens with zero attached hydrogens (tertiary/aromatic N) is 3. The highest BCUT2D eigenvalue weighted by molar-refractivity contribution is 7.90. The second-order valence-electron chi connectivity index (χ2n) is 5.61. The number of pyridine rings is 1. The summed E-state index contributed by atoms with van der Waals surface area (Å²) in [6, 6.07) is 7.52. The monoisotopic (exact) mass is 379 g/mol. The number of aromatic nitrogens is 3. The second-order valence-corrected chi connectivity index (χ2v) is 8.04. The van der Waals surface area contributed by atoms with Gasteiger partial charge in [-0.15, -0.1) is 0 Å². The number of hydrogen-bond acceptors (Lipinski definition) is 5. The molecular weight excluding hydrogens is 366 g/mol. The summed E-state index contributed by atoms with van der Waals surface area (Å²) in [6.07, 6.45) is 1.11. The Morgan fingerprint density at radius 1 is 1.24 bits per heavy atom. The van der Waals surface area contributed by atoms with Gasteiger partial charge < -0.3 is 9.67 Å². The van der Waals surface area contributed by atoms with E-state index in [-0.39, 0.29) is 10.6 Å². The highest BCUT2D eigenvalue weighted by atomic mass is 35.5. The first-order valence-electron chi connectivity index (χ1n) is 7.22. The first-order valence-corrected chi connectivity index (χ1v) is 9.49. The van der Waals surface area contributed by atoms with E-state index in [1.807, 2.05) is 0 Å². The van der Waals surface area contributed by atoms with Crippen molar-refractivity contribution in [2.75, 3.05) is 6.26 Å². The summed E-state index contributed by atoms with van der Waals surface area (Å²) in [4.78, 5) is 19.8. The third kappa shape index (κ3) is 3.35. The molecule has 25 heavy (non-hydrogen) atoms. The molecule has 0 unspecified atom stereocenters. The smallest absolute Gasteiger partial charge is 0.354 e. The van der Waals surface area contributed by atoms with Gasteiger partial charge in [0, 0.05) is 11.3 Å². The Morgan fingerprint density at radius 3 is 2.56 bits per heavy atom. The Balaban J connectivity index is 2.07. The number of aryl methyl sites for hydroxylation is 1. The summed E-state index contributed by atoms with van der Waals surface area (Å²) in [5.41, 5.74) is 1.61. The number of carboxylic acid groups (broad SMARTS) is 1. The highest BCUT2D eigenvalue weighted by Gasteiger charge is 2.15. The molecule has 3 aromatic rings. The third-order valence-corrected chi connectivity index (χ3v) is 5.25. The maximum absolute atomic E-state index is 11.6. The van der Waals surface area contributed by atoms with E-state index < -0.39 is 15.8 Å². The number of aromatic carboxylic acids is 1. The van der Waals surface area contributed by atoms with Crippen LogP contribution in [0.5, 0.6) is 0 Å². The number of carbonyl (C=O) groups is 1. The Labute approximate surface area is 148 Å². The lowest BCUT2D eigenvalue weighted by atomic mass is 10.2. The lowest BCUT2D eigenvalue weighted by molar-refractivity contribution is 0.0691. The zero-order valence-corrected chi connectivity index (χ0v) is 15.0. The minimum absolute atomic E-state index is 0.0767. The molecule has 7 nitrogen and oxygen atoms in total. The molecule has 0 aliphatic carbocycles. The molecule has 9 heteroatoms. The molecule has 1 aromatic carbocycles. The van der Waals surface area contributed by atoms with Gasteiger partial charge in [-0.3, -0.25) is 0 Å². The highest BCUT2D eigenvalue weighted by Crippen LogP contribution is 2.24. The quantitative estimate of drug-likeness (QED) is 0.747. The van der Waals surface area contributed by atoms with Crippen LogP contribution in [0.3, 0.4) is 0 Å². The number of carboxylic acids is 1. The minimum Gasteiger partial charge on any atom is -0.477 e. The molecule has 0 saturated carbocycles. The Kier molecular flexibility index (Phi) is 4.26. The van der Waals surface area contributed by atoms with Crippen molar-refractivity contribution in [1.82, 2.24) is 14.5 Å². The summed E-state index contributed by atoms with van der Waals surface area (Å²) >= 11 is 6.22. The maximum atomic E-state index is 11.6.